The Morgan fingerprint density at radius 3 is 2.47 bits per heavy atom. The van der Waals surface area contributed by atoms with Crippen LogP contribution < -0.4 is 4.74 Å². The number of rotatable bonds is 8. The molecule has 2 heteroatoms. The molecule has 1 rings (SSSR count). The predicted molar refractivity (Wildman–Crippen MR) is 80.3 cm³/mol. The molecule has 0 amide bonds. The Hall–Kier alpha value is -1.50. The van der Waals surface area contributed by atoms with Gasteiger partial charge < -0.3 is 9.84 Å². The zero-order valence-electron chi connectivity index (χ0n) is 12.0. The van der Waals surface area contributed by atoms with Gasteiger partial charge in [-0.2, -0.15) is 0 Å². The van der Waals surface area contributed by atoms with Gasteiger partial charge in [-0.3, -0.25) is 0 Å². The molecule has 0 spiro atoms. The summed E-state index contributed by atoms with van der Waals surface area (Å²) < 4.78 is 5.13. The van der Waals surface area contributed by atoms with E-state index >= 15 is 0 Å². The average molecular weight is 260 g/mol. The van der Waals surface area contributed by atoms with E-state index in [9.17, 15) is 5.11 Å². The highest BCUT2D eigenvalue weighted by Gasteiger charge is 2.12. The minimum absolute atomic E-state index is 0.484. The van der Waals surface area contributed by atoms with E-state index in [1.807, 2.05) is 24.3 Å². The highest BCUT2D eigenvalue weighted by Crippen LogP contribution is 2.23. The molecule has 1 aromatic rings. The van der Waals surface area contributed by atoms with Crippen molar-refractivity contribution in [1.82, 2.24) is 0 Å². The van der Waals surface area contributed by atoms with Gasteiger partial charge in [-0.05, 0) is 24.1 Å². The van der Waals surface area contributed by atoms with Gasteiger partial charge in [0.2, 0.25) is 0 Å². The number of aliphatic hydroxyl groups excluding tert-OH is 1. The molecule has 19 heavy (non-hydrogen) atoms. The van der Waals surface area contributed by atoms with Gasteiger partial charge in [0.1, 0.15) is 5.75 Å². The van der Waals surface area contributed by atoms with Gasteiger partial charge in [0.25, 0.3) is 0 Å². The van der Waals surface area contributed by atoms with Gasteiger partial charge in [0, 0.05) is 5.57 Å². The molecule has 104 valence electrons. The maximum Gasteiger partial charge on any atom is 0.118 e. The zero-order valence-corrected chi connectivity index (χ0v) is 12.0. The maximum absolute atomic E-state index is 10.2. The first-order chi connectivity index (χ1) is 9.22. The third-order valence-electron chi connectivity index (χ3n) is 3.26. The lowest BCUT2D eigenvalue weighted by Gasteiger charge is -2.13. The van der Waals surface area contributed by atoms with E-state index in [-0.39, 0.29) is 0 Å². The quantitative estimate of drug-likeness (QED) is 0.561. The molecular weight excluding hydrogens is 236 g/mol. The van der Waals surface area contributed by atoms with Crippen molar-refractivity contribution in [3.05, 3.63) is 42.1 Å². The van der Waals surface area contributed by atoms with E-state index in [4.69, 9.17) is 4.74 Å². The van der Waals surface area contributed by atoms with Crippen molar-refractivity contribution in [3.63, 3.8) is 0 Å². The van der Waals surface area contributed by atoms with Gasteiger partial charge in [-0.15, -0.1) is 5.73 Å². The van der Waals surface area contributed by atoms with Crippen LogP contribution in [0.4, 0.5) is 0 Å². The monoisotopic (exact) mass is 260 g/mol. The largest absolute Gasteiger partial charge is 0.497 e. The van der Waals surface area contributed by atoms with Crippen LogP contribution in [0.15, 0.2) is 36.6 Å². The second-order valence-corrected chi connectivity index (χ2v) is 4.68. The van der Waals surface area contributed by atoms with Crippen LogP contribution in [0.25, 0.3) is 5.57 Å². The molecule has 2 nitrogen and oxygen atoms in total. The van der Waals surface area contributed by atoms with E-state index < -0.39 is 6.10 Å². The van der Waals surface area contributed by atoms with Gasteiger partial charge in [-0.1, -0.05) is 51.3 Å². The zero-order chi connectivity index (χ0) is 14.1. The SMILES string of the molecule is C=C=C(c1ccc(OC)cc1)C(O)CCCCCC. The summed E-state index contributed by atoms with van der Waals surface area (Å²) in [5.74, 6) is 0.810. The summed E-state index contributed by atoms with van der Waals surface area (Å²) in [6.07, 6.45) is 4.92. The first kappa shape index (κ1) is 15.6. The minimum Gasteiger partial charge on any atom is -0.497 e. The van der Waals surface area contributed by atoms with E-state index in [1.54, 1.807) is 7.11 Å². The molecule has 0 fully saturated rings. The summed E-state index contributed by atoms with van der Waals surface area (Å²) in [6.45, 7) is 5.88. The molecule has 1 N–H and O–H groups in total. The third-order valence-corrected chi connectivity index (χ3v) is 3.26. The molecule has 0 saturated carbocycles. The van der Waals surface area contributed by atoms with Gasteiger partial charge in [0.15, 0.2) is 0 Å². The second kappa shape index (κ2) is 8.58. The lowest BCUT2D eigenvalue weighted by Crippen LogP contribution is -2.08. The molecule has 1 aromatic carbocycles. The van der Waals surface area contributed by atoms with Crippen molar-refractivity contribution >= 4 is 5.57 Å². The number of aliphatic hydroxyl groups is 1. The Balaban J connectivity index is 2.63. The standard InChI is InChI=1S/C17H24O2/c1-4-6-7-8-9-17(18)16(5-2)14-10-12-15(19-3)13-11-14/h10-13,17-18H,2,4,6-9H2,1,3H3. The second-order valence-electron chi connectivity index (χ2n) is 4.68. The maximum atomic E-state index is 10.2. The molecule has 0 aliphatic rings. The summed E-state index contributed by atoms with van der Waals surface area (Å²) in [5.41, 5.74) is 4.61. The Labute approximate surface area is 116 Å². The molecule has 0 aliphatic carbocycles. The Bertz CT molecular complexity index is 413. The minimum atomic E-state index is -0.484. The summed E-state index contributed by atoms with van der Waals surface area (Å²) in [7, 11) is 1.64. The molecule has 1 unspecified atom stereocenters. The van der Waals surface area contributed by atoms with E-state index in [2.05, 4.69) is 19.2 Å². The first-order valence-corrected chi connectivity index (χ1v) is 6.95. The summed E-state index contributed by atoms with van der Waals surface area (Å²) in [4.78, 5) is 0. The summed E-state index contributed by atoms with van der Waals surface area (Å²) in [6, 6.07) is 7.64. The van der Waals surface area contributed by atoms with Crippen molar-refractivity contribution in [3.8, 4) is 5.75 Å². The number of hydrogen-bond acceptors (Lipinski definition) is 2. The first-order valence-electron chi connectivity index (χ1n) is 6.95. The van der Waals surface area contributed by atoms with Crippen LogP contribution in [0.3, 0.4) is 0 Å². The highest BCUT2D eigenvalue weighted by molar-refractivity contribution is 5.68. The molecule has 0 heterocycles. The lowest BCUT2D eigenvalue weighted by atomic mass is 9.97. The molecule has 0 aromatic heterocycles. The van der Waals surface area contributed by atoms with Crippen LogP contribution in [-0.2, 0) is 0 Å². The van der Waals surface area contributed by atoms with Crippen LogP contribution in [0.5, 0.6) is 5.75 Å². The normalized spacial score (nSPS) is 11.7. The molecule has 0 radical (unpaired) electrons. The van der Waals surface area contributed by atoms with Gasteiger partial charge in [0.05, 0.1) is 13.2 Å². The molecule has 0 aliphatic heterocycles. The number of methoxy groups -OCH3 is 1. The fourth-order valence-electron chi connectivity index (χ4n) is 2.09. The number of hydrogen-bond donors (Lipinski definition) is 1. The summed E-state index contributed by atoms with van der Waals surface area (Å²) in [5, 5.41) is 10.2. The Morgan fingerprint density at radius 2 is 1.95 bits per heavy atom. The summed E-state index contributed by atoms with van der Waals surface area (Å²) >= 11 is 0. The smallest absolute Gasteiger partial charge is 0.118 e. The van der Waals surface area contributed by atoms with Crippen molar-refractivity contribution < 1.29 is 9.84 Å². The predicted octanol–water partition coefficient (Wildman–Crippen LogP) is 4.19. The van der Waals surface area contributed by atoms with Crippen molar-refractivity contribution in [1.29, 1.82) is 0 Å². The van der Waals surface area contributed by atoms with Crippen LogP contribution in [0, 0.1) is 0 Å². The van der Waals surface area contributed by atoms with Gasteiger partial charge >= 0.3 is 0 Å². The average Bonchev–Trinajstić information content (AvgIpc) is 2.45. The highest BCUT2D eigenvalue weighted by atomic mass is 16.5. The van der Waals surface area contributed by atoms with Crippen LogP contribution in [0.2, 0.25) is 0 Å². The molecule has 0 bridgehead atoms. The van der Waals surface area contributed by atoms with E-state index in [0.29, 0.717) is 0 Å². The van der Waals surface area contributed by atoms with Crippen molar-refractivity contribution in [2.75, 3.05) is 7.11 Å². The van der Waals surface area contributed by atoms with Crippen LogP contribution in [-0.4, -0.2) is 18.3 Å². The lowest BCUT2D eigenvalue weighted by molar-refractivity contribution is 0.217. The fraction of sp³-hybridized carbons (Fsp3) is 0.471. The Morgan fingerprint density at radius 1 is 1.26 bits per heavy atom. The van der Waals surface area contributed by atoms with E-state index in [0.717, 1.165) is 29.7 Å². The fourth-order valence-corrected chi connectivity index (χ4v) is 2.09. The van der Waals surface area contributed by atoms with Crippen LogP contribution >= 0.6 is 0 Å². The Kier molecular flexibility index (Phi) is 7.02. The number of benzene rings is 1. The van der Waals surface area contributed by atoms with E-state index in [1.165, 1.54) is 19.3 Å². The molecular formula is C17H24O2. The number of ether oxygens (including phenoxy) is 1. The van der Waals surface area contributed by atoms with Gasteiger partial charge in [-0.25, -0.2) is 0 Å². The molecule has 0 saturated heterocycles. The van der Waals surface area contributed by atoms with Crippen molar-refractivity contribution in [2.24, 2.45) is 0 Å². The number of unbranched alkanes of at least 4 members (excludes halogenated alkanes) is 3. The third kappa shape index (κ3) is 4.94. The van der Waals surface area contributed by atoms with Crippen LogP contribution in [0.1, 0.15) is 44.6 Å². The molecule has 1 atom stereocenters. The topological polar surface area (TPSA) is 29.5 Å². The van der Waals surface area contributed by atoms with Crippen molar-refractivity contribution in [2.45, 2.75) is 45.1 Å².